The lowest BCUT2D eigenvalue weighted by molar-refractivity contribution is 0.0923. The molecule has 1 heterocycles. The predicted molar refractivity (Wildman–Crippen MR) is 91.9 cm³/mol. The Morgan fingerprint density at radius 1 is 1.04 bits per heavy atom. The largest absolute Gasteiger partial charge is 0.490 e. The van der Waals surface area contributed by atoms with E-state index in [9.17, 15) is 5.11 Å². The van der Waals surface area contributed by atoms with Gasteiger partial charge in [0.25, 0.3) is 0 Å². The first-order chi connectivity index (χ1) is 11.1. The van der Waals surface area contributed by atoms with Crippen LogP contribution in [-0.2, 0) is 6.54 Å². The van der Waals surface area contributed by atoms with Gasteiger partial charge in [-0.15, -0.1) is 0 Å². The molecule has 23 heavy (non-hydrogen) atoms. The molecule has 0 bridgehead atoms. The number of aromatic nitrogens is 2. The van der Waals surface area contributed by atoms with Gasteiger partial charge in [0.1, 0.15) is 24.3 Å². The summed E-state index contributed by atoms with van der Waals surface area (Å²) in [7, 11) is 0. The van der Waals surface area contributed by atoms with Gasteiger partial charge in [-0.2, -0.15) is 0 Å². The Bertz CT molecular complexity index is 803. The average molecular weight is 310 g/mol. The second-order valence-corrected chi connectivity index (χ2v) is 5.94. The topological polar surface area (TPSA) is 47.3 Å². The van der Waals surface area contributed by atoms with E-state index < -0.39 is 6.10 Å². The summed E-state index contributed by atoms with van der Waals surface area (Å²) < 4.78 is 7.88. The van der Waals surface area contributed by atoms with E-state index >= 15 is 0 Å². The standard InChI is InChI=1S/C19H22N2O2/c1-13-7-6-8-14(2)19(13)23-12-16(22)11-21-15(3)20-17-9-4-5-10-18(17)21/h4-10,16,22H,11-12H2,1-3H3/t16-/m1/s1. The quantitative estimate of drug-likeness (QED) is 0.785. The Balaban J connectivity index is 1.72. The third-order valence-electron chi connectivity index (χ3n) is 4.07. The molecular formula is C19H22N2O2. The number of hydrogen-bond donors (Lipinski definition) is 1. The summed E-state index contributed by atoms with van der Waals surface area (Å²) in [5.41, 5.74) is 4.16. The number of nitrogens with zero attached hydrogens (tertiary/aromatic N) is 2. The van der Waals surface area contributed by atoms with Crippen LogP contribution in [0.25, 0.3) is 11.0 Å². The zero-order valence-electron chi connectivity index (χ0n) is 13.8. The van der Waals surface area contributed by atoms with Gasteiger partial charge in [0.05, 0.1) is 17.6 Å². The molecule has 2 aromatic carbocycles. The summed E-state index contributed by atoms with van der Waals surface area (Å²) in [4.78, 5) is 4.52. The highest BCUT2D eigenvalue weighted by Gasteiger charge is 2.13. The molecule has 4 heteroatoms. The van der Waals surface area contributed by atoms with E-state index in [4.69, 9.17) is 4.74 Å². The molecule has 1 N–H and O–H groups in total. The van der Waals surface area contributed by atoms with Crippen molar-refractivity contribution < 1.29 is 9.84 Å². The van der Waals surface area contributed by atoms with E-state index in [1.807, 2.05) is 67.8 Å². The first-order valence-electron chi connectivity index (χ1n) is 7.85. The van der Waals surface area contributed by atoms with Gasteiger partial charge in [0.15, 0.2) is 0 Å². The highest BCUT2D eigenvalue weighted by atomic mass is 16.5. The van der Waals surface area contributed by atoms with Crippen LogP contribution < -0.4 is 4.74 Å². The van der Waals surface area contributed by atoms with Crippen LogP contribution in [0.5, 0.6) is 5.75 Å². The smallest absolute Gasteiger partial charge is 0.125 e. The number of ether oxygens (including phenoxy) is 1. The lowest BCUT2D eigenvalue weighted by Gasteiger charge is -2.17. The zero-order chi connectivity index (χ0) is 16.4. The number of aliphatic hydroxyl groups is 1. The maximum absolute atomic E-state index is 10.4. The number of aryl methyl sites for hydroxylation is 3. The van der Waals surface area contributed by atoms with E-state index in [0.717, 1.165) is 33.7 Å². The van der Waals surface area contributed by atoms with Crippen LogP contribution in [-0.4, -0.2) is 27.4 Å². The molecule has 0 saturated heterocycles. The third-order valence-corrected chi connectivity index (χ3v) is 4.07. The second-order valence-electron chi connectivity index (χ2n) is 5.94. The summed E-state index contributed by atoms with van der Waals surface area (Å²) in [5.74, 6) is 1.76. The fraction of sp³-hybridized carbons (Fsp3) is 0.316. The van der Waals surface area contributed by atoms with Crippen LogP contribution in [0, 0.1) is 20.8 Å². The number of rotatable bonds is 5. The molecule has 0 aliphatic heterocycles. The van der Waals surface area contributed by atoms with E-state index in [-0.39, 0.29) is 6.61 Å². The fourth-order valence-electron chi connectivity index (χ4n) is 2.90. The van der Waals surface area contributed by atoms with Crippen molar-refractivity contribution in [3.05, 3.63) is 59.4 Å². The normalized spacial score (nSPS) is 12.5. The van der Waals surface area contributed by atoms with Crippen molar-refractivity contribution >= 4 is 11.0 Å². The number of fused-ring (bicyclic) bond motifs is 1. The lowest BCUT2D eigenvalue weighted by atomic mass is 10.1. The summed E-state index contributed by atoms with van der Waals surface area (Å²) >= 11 is 0. The minimum Gasteiger partial charge on any atom is -0.490 e. The van der Waals surface area contributed by atoms with Gasteiger partial charge in [-0.05, 0) is 44.0 Å². The van der Waals surface area contributed by atoms with Crippen molar-refractivity contribution in [2.24, 2.45) is 0 Å². The summed E-state index contributed by atoms with van der Waals surface area (Å²) in [6.07, 6.45) is -0.592. The lowest BCUT2D eigenvalue weighted by Crippen LogP contribution is -2.24. The first kappa shape index (κ1) is 15.6. The van der Waals surface area contributed by atoms with Gasteiger partial charge in [-0.25, -0.2) is 4.98 Å². The minimum atomic E-state index is -0.592. The Kier molecular flexibility index (Phi) is 4.35. The molecule has 0 saturated carbocycles. The fourth-order valence-corrected chi connectivity index (χ4v) is 2.90. The van der Waals surface area contributed by atoms with Crippen LogP contribution in [0.1, 0.15) is 17.0 Å². The van der Waals surface area contributed by atoms with Crippen molar-refractivity contribution in [2.75, 3.05) is 6.61 Å². The van der Waals surface area contributed by atoms with E-state index in [1.54, 1.807) is 0 Å². The maximum Gasteiger partial charge on any atom is 0.125 e. The monoisotopic (exact) mass is 310 g/mol. The Hall–Kier alpha value is -2.33. The van der Waals surface area contributed by atoms with Gasteiger partial charge >= 0.3 is 0 Å². The van der Waals surface area contributed by atoms with Crippen molar-refractivity contribution in [3.63, 3.8) is 0 Å². The molecule has 0 aliphatic rings. The predicted octanol–water partition coefficient (Wildman–Crippen LogP) is 3.40. The molecule has 0 fully saturated rings. The number of para-hydroxylation sites is 3. The molecular weight excluding hydrogens is 288 g/mol. The van der Waals surface area contributed by atoms with Crippen LogP contribution in [0.15, 0.2) is 42.5 Å². The number of benzene rings is 2. The van der Waals surface area contributed by atoms with Gasteiger partial charge in [-0.1, -0.05) is 30.3 Å². The highest BCUT2D eigenvalue weighted by Crippen LogP contribution is 2.23. The van der Waals surface area contributed by atoms with Gasteiger partial charge in [0.2, 0.25) is 0 Å². The molecule has 120 valence electrons. The molecule has 3 aromatic rings. The molecule has 3 rings (SSSR count). The van der Waals surface area contributed by atoms with E-state index in [0.29, 0.717) is 6.54 Å². The molecule has 0 unspecified atom stereocenters. The van der Waals surface area contributed by atoms with Crippen molar-refractivity contribution in [3.8, 4) is 5.75 Å². The van der Waals surface area contributed by atoms with Crippen molar-refractivity contribution in [1.29, 1.82) is 0 Å². The van der Waals surface area contributed by atoms with Crippen LogP contribution in [0.3, 0.4) is 0 Å². The Labute approximate surface area is 136 Å². The average Bonchev–Trinajstić information content (AvgIpc) is 2.83. The zero-order valence-corrected chi connectivity index (χ0v) is 13.8. The van der Waals surface area contributed by atoms with Crippen LogP contribution >= 0.6 is 0 Å². The third kappa shape index (κ3) is 3.22. The van der Waals surface area contributed by atoms with Gasteiger partial charge in [0, 0.05) is 0 Å². The first-order valence-corrected chi connectivity index (χ1v) is 7.85. The minimum absolute atomic E-state index is 0.262. The Morgan fingerprint density at radius 3 is 2.48 bits per heavy atom. The number of aliphatic hydroxyl groups excluding tert-OH is 1. The molecule has 4 nitrogen and oxygen atoms in total. The van der Waals surface area contributed by atoms with Crippen molar-refractivity contribution in [2.45, 2.75) is 33.4 Å². The SMILES string of the molecule is Cc1cccc(C)c1OC[C@H](O)Cn1c(C)nc2ccccc21. The number of hydrogen-bond acceptors (Lipinski definition) is 3. The van der Waals surface area contributed by atoms with Gasteiger partial charge < -0.3 is 14.4 Å². The molecule has 0 aliphatic carbocycles. The molecule has 1 aromatic heterocycles. The number of imidazole rings is 1. The summed E-state index contributed by atoms with van der Waals surface area (Å²) in [5, 5.41) is 10.4. The van der Waals surface area contributed by atoms with E-state index in [2.05, 4.69) is 4.98 Å². The summed E-state index contributed by atoms with van der Waals surface area (Å²) in [6, 6.07) is 14.0. The van der Waals surface area contributed by atoms with Crippen LogP contribution in [0.4, 0.5) is 0 Å². The second kappa shape index (κ2) is 6.42. The van der Waals surface area contributed by atoms with Crippen molar-refractivity contribution in [1.82, 2.24) is 9.55 Å². The highest BCUT2D eigenvalue weighted by molar-refractivity contribution is 5.75. The van der Waals surface area contributed by atoms with Gasteiger partial charge in [-0.3, -0.25) is 0 Å². The Morgan fingerprint density at radius 2 is 1.74 bits per heavy atom. The molecule has 0 spiro atoms. The van der Waals surface area contributed by atoms with Crippen LogP contribution in [0.2, 0.25) is 0 Å². The maximum atomic E-state index is 10.4. The molecule has 0 amide bonds. The van der Waals surface area contributed by atoms with E-state index in [1.165, 1.54) is 0 Å². The molecule has 1 atom stereocenters. The summed E-state index contributed by atoms with van der Waals surface area (Å²) in [6.45, 7) is 6.72. The molecule has 0 radical (unpaired) electrons.